The van der Waals surface area contributed by atoms with E-state index in [9.17, 15) is 8.78 Å². The minimum Gasteiger partial charge on any atom is -0.434 e. The van der Waals surface area contributed by atoms with Crippen molar-refractivity contribution in [1.29, 1.82) is 0 Å². The van der Waals surface area contributed by atoms with Crippen LogP contribution in [0.2, 0.25) is 0 Å². The largest absolute Gasteiger partial charge is 0.434 e. The quantitative estimate of drug-likeness (QED) is 0.331. The van der Waals surface area contributed by atoms with Crippen LogP contribution in [0.3, 0.4) is 0 Å². The van der Waals surface area contributed by atoms with Gasteiger partial charge >= 0.3 is 6.61 Å². The van der Waals surface area contributed by atoms with E-state index in [-0.39, 0.29) is 29.7 Å². The third kappa shape index (κ3) is 7.55. The molecule has 0 saturated heterocycles. The third-order valence-corrected chi connectivity index (χ3v) is 3.70. The van der Waals surface area contributed by atoms with Gasteiger partial charge < -0.3 is 15.4 Å². The summed E-state index contributed by atoms with van der Waals surface area (Å²) in [5, 5.41) is 6.26. The molecule has 25 heavy (non-hydrogen) atoms. The molecule has 2 N–H and O–H groups in total. The molecule has 2 aromatic rings. The van der Waals surface area contributed by atoms with Gasteiger partial charge in [-0.15, -0.1) is 24.0 Å². The van der Waals surface area contributed by atoms with E-state index >= 15 is 0 Å². The van der Waals surface area contributed by atoms with E-state index in [1.807, 2.05) is 24.3 Å². The standard InChI is InChI=1S/C17H18BrF2N3O.HI/c1-21-17(22-10-12-5-4-7-14(18)9-12)23-11-13-6-2-3-8-15(13)24-16(19)20;/h2-9,16H,10-11H2,1H3,(H2,21,22,23);1H. The molecule has 0 aromatic heterocycles. The number of guanidine groups is 1. The van der Waals surface area contributed by atoms with E-state index in [1.165, 1.54) is 6.07 Å². The van der Waals surface area contributed by atoms with Crippen molar-refractivity contribution in [3.05, 3.63) is 64.1 Å². The molecule has 136 valence electrons. The molecule has 0 atom stereocenters. The zero-order valence-electron chi connectivity index (χ0n) is 13.5. The first-order chi connectivity index (χ1) is 11.6. The lowest BCUT2D eigenvalue weighted by molar-refractivity contribution is -0.0504. The van der Waals surface area contributed by atoms with Gasteiger partial charge in [-0.05, 0) is 23.8 Å². The van der Waals surface area contributed by atoms with Crippen LogP contribution in [-0.4, -0.2) is 19.6 Å². The summed E-state index contributed by atoms with van der Waals surface area (Å²) >= 11 is 3.43. The van der Waals surface area contributed by atoms with Crippen molar-refractivity contribution in [2.45, 2.75) is 19.7 Å². The first-order valence-corrected chi connectivity index (χ1v) is 8.09. The molecule has 0 heterocycles. The second-order valence-electron chi connectivity index (χ2n) is 4.90. The van der Waals surface area contributed by atoms with Gasteiger partial charge in [-0.25, -0.2) is 0 Å². The number of hydrogen-bond donors (Lipinski definition) is 2. The van der Waals surface area contributed by atoms with Crippen molar-refractivity contribution in [2.24, 2.45) is 4.99 Å². The highest BCUT2D eigenvalue weighted by atomic mass is 127. The van der Waals surface area contributed by atoms with E-state index in [4.69, 9.17) is 0 Å². The van der Waals surface area contributed by atoms with Crippen molar-refractivity contribution < 1.29 is 13.5 Å². The number of nitrogens with zero attached hydrogens (tertiary/aromatic N) is 1. The molecule has 2 rings (SSSR count). The van der Waals surface area contributed by atoms with Gasteiger partial charge in [0.15, 0.2) is 5.96 Å². The topological polar surface area (TPSA) is 45.7 Å². The van der Waals surface area contributed by atoms with Gasteiger partial charge in [-0.1, -0.05) is 46.3 Å². The Morgan fingerprint density at radius 1 is 1.12 bits per heavy atom. The number of nitrogens with one attached hydrogen (secondary N) is 2. The number of hydrogen-bond acceptors (Lipinski definition) is 2. The number of rotatable bonds is 6. The Morgan fingerprint density at radius 3 is 2.52 bits per heavy atom. The second-order valence-corrected chi connectivity index (χ2v) is 5.81. The summed E-state index contributed by atoms with van der Waals surface area (Å²) in [6, 6.07) is 14.6. The van der Waals surface area contributed by atoms with Crippen LogP contribution in [0, 0.1) is 0 Å². The van der Waals surface area contributed by atoms with E-state index < -0.39 is 6.61 Å². The molecule has 0 bridgehead atoms. The molecule has 0 radical (unpaired) electrons. The lowest BCUT2D eigenvalue weighted by atomic mass is 10.2. The van der Waals surface area contributed by atoms with Gasteiger partial charge in [-0.2, -0.15) is 8.78 Å². The Bertz CT molecular complexity index is 701. The highest BCUT2D eigenvalue weighted by molar-refractivity contribution is 14.0. The summed E-state index contributed by atoms with van der Waals surface area (Å²) in [6.45, 7) is -1.94. The summed E-state index contributed by atoms with van der Waals surface area (Å²) in [5.74, 6) is 0.726. The number of para-hydroxylation sites is 1. The van der Waals surface area contributed by atoms with Crippen LogP contribution in [0.4, 0.5) is 8.78 Å². The monoisotopic (exact) mass is 525 g/mol. The summed E-state index contributed by atoms with van der Waals surface area (Å²) < 4.78 is 30.4. The van der Waals surface area contributed by atoms with Crippen molar-refractivity contribution in [3.63, 3.8) is 0 Å². The molecule has 0 saturated carbocycles. The van der Waals surface area contributed by atoms with Crippen LogP contribution >= 0.6 is 39.9 Å². The van der Waals surface area contributed by atoms with Crippen LogP contribution in [0.5, 0.6) is 5.75 Å². The first kappa shape index (κ1) is 21.6. The fraction of sp³-hybridized carbons (Fsp3) is 0.235. The molecule has 0 aliphatic heterocycles. The van der Waals surface area contributed by atoms with Gasteiger partial charge in [-0.3, -0.25) is 4.99 Å². The average Bonchev–Trinajstić information content (AvgIpc) is 2.56. The molecular formula is C17H19BrF2IN3O. The summed E-state index contributed by atoms with van der Waals surface area (Å²) in [5.41, 5.74) is 1.72. The maximum absolute atomic E-state index is 12.4. The minimum absolute atomic E-state index is 0. The molecule has 4 nitrogen and oxygen atoms in total. The average molecular weight is 526 g/mol. The van der Waals surface area contributed by atoms with Crippen LogP contribution in [0.15, 0.2) is 58.0 Å². The summed E-state index contributed by atoms with van der Waals surface area (Å²) in [4.78, 5) is 4.12. The van der Waals surface area contributed by atoms with Crippen molar-refractivity contribution in [1.82, 2.24) is 10.6 Å². The van der Waals surface area contributed by atoms with Crippen molar-refractivity contribution in [2.75, 3.05) is 7.05 Å². The number of aliphatic imine (C=N–C) groups is 1. The molecule has 0 spiro atoms. The molecular weight excluding hydrogens is 507 g/mol. The van der Waals surface area contributed by atoms with Gasteiger partial charge in [0.2, 0.25) is 0 Å². The second kappa shape index (κ2) is 11.2. The van der Waals surface area contributed by atoms with E-state index in [1.54, 1.807) is 25.2 Å². The Balaban J connectivity index is 0.00000312. The lowest BCUT2D eigenvalue weighted by Crippen LogP contribution is -2.36. The Labute approximate surface area is 171 Å². The Kier molecular flexibility index (Phi) is 9.73. The Morgan fingerprint density at radius 2 is 1.84 bits per heavy atom. The van der Waals surface area contributed by atoms with E-state index in [0.717, 1.165) is 10.0 Å². The maximum Gasteiger partial charge on any atom is 0.387 e. The molecule has 0 aliphatic rings. The number of halogens is 4. The predicted molar refractivity (Wildman–Crippen MR) is 110 cm³/mol. The predicted octanol–water partition coefficient (Wildman–Crippen LogP) is 4.53. The van der Waals surface area contributed by atoms with Crippen LogP contribution in [0.1, 0.15) is 11.1 Å². The van der Waals surface area contributed by atoms with E-state index in [0.29, 0.717) is 24.6 Å². The van der Waals surface area contributed by atoms with Gasteiger partial charge in [0, 0.05) is 30.2 Å². The summed E-state index contributed by atoms with van der Waals surface area (Å²) in [7, 11) is 1.65. The SMILES string of the molecule is CN=C(NCc1cccc(Br)c1)NCc1ccccc1OC(F)F.I. The molecule has 0 aliphatic carbocycles. The number of alkyl halides is 2. The third-order valence-electron chi connectivity index (χ3n) is 3.21. The fourth-order valence-electron chi connectivity index (χ4n) is 2.09. The van der Waals surface area contributed by atoms with Crippen LogP contribution in [-0.2, 0) is 13.1 Å². The smallest absolute Gasteiger partial charge is 0.387 e. The molecule has 0 amide bonds. The highest BCUT2D eigenvalue weighted by Gasteiger charge is 2.09. The van der Waals surface area contributed by atoms with Crippen molar-refractivity contribution in [3.8, 4) is 5.75 Å². The normalized spacial score (nSPS) is 11.0. The lowest BCUT2D eigenvalue weighted by Gasteiger charge is -2.14. The van der Waals surface area contributed by atoms with Gasteiger partial charge in [0.25, 0.3) is 0 Å². The van der Waals surface area contributed by atoms with Crippen LogP contribution in [0.25, 0.3) is 0 Å². The zero-order chi connectivity index (χ0) is 17.4. The number of benzene rings is 2. The van der Waals surface area contributed by atoms with Gasteiger partial charge in [0.1, 0.15) is 5.75 Å². The molecule has 0 unspecified atom stereocenters. The zero-order valence-corrected chi connectivity index (χ0v) is 17.4. The van der Waals surface area contributed by atoms with E-state index in [2.05, 4.69) is 36.3 Å². The first-order valence-electron chi connectivity index (χ1n) is 7.30. The fourth-order valence-corrected chi connectivity index (χ4v) is 2.54. The summed E-state index contributed by atoms with van der Waals surface area (Å²) in [6.07, 6.45) is 0. The van der Waals surface area contributed by atoms with Gasteiger partial charge in [0.05, 0.1) is 0 Å². The molecule has 2 aromatic carbocycles. The van der Waals surface area contributed by atoms with Crippen molar-refractivity contribution >= 4 is 45.9 Å². The Hall–Kier alpha value is -1.42. The van der Waals surface area contributed by atoms with Crippen LogP contribution < -0.4 is 15.4 Å². The maximum atomic E-state index is 12.4. The number of ether oxygens (including phenoxy) is 1. The highest BCUT2D eigenvalue weighted by Crippen LogP contribution is 2.19. The minimum atomic E-state index is -2.85. The molecule has 8 heteroatoms. The molecule has 0 fully saturated rings.